The summed E-state index contributed by atoms with van der Waals surface area (Å²) < 4.78 is 2.62. The third-order valence-corrected chi connectivity index (χ3v) is 10.0. The summed E-state index contributed by atoms with van der Waals surface area (Å²) in [6, 6.07) is 54.3. The molecule has 0 fully saturated rings. The zero-order valence-electron chi connectivity index (χ0n) is 26.7. The molecule has 0 N–H and O–H groups in total. The lowest BCUT2D eigenvalue weighted by atomic mass is 9.86. The van der Waals surface area contributed by atoms with Crippen LogP contribution in [0.15, 0.2) is 152 Å². The van der Waals surface area contributed by atoms with E-state index in [0.717, 1.165) is 45.0 Å². The monoisotopic (exact) mass is 622 g/mol. The molecular formula is C44H34N2S. The van der Waals surface area contributed by atoms with Crippen molar-refractivity contribution in [3.8, 4) is 56.2 Å². The molecule has 0 aliphatic rings. The van der Waals surface area contributed by atoms with E-state index >= 15 is 0 Å². The van der Waals surface area contributed by atoms with Gasteiger partial charge >= 0.3 is 0 Å². The Labute approximate surface area is 280 Å². The number of rotatable bonds is 5. The van der Waals surface area contributed by atoms with Crippen LogP contribution in [0.25, 0.3) is 76.3 Å². The molecule has 8 aromatic rings. The molecule has 0 atom stereocenters. The van der Waals surface area contributed by atoms with Crippen LogP contribution in [0.4, 0.5) is 0 Å². The number of hydrogen-bond acceptors (Lipinski definition) is 3. The Morgan fingerprint density at radius 1 is 0.404 bits per heavy atom. The summed E-state index contributed by atoms with van der Waals surface area (Å²) in [4.78, 5) is 10.2. The van der Waals surface area contributed by atoms with Crippen LogP contribution < -0.4 is 0 Å². The molecule has 0 saturated heterocycles. The molecule has 0 saturated carbocycles. The van der Waals surface area contributed by atoms with Gasteiger partial charge in [-0.2, -0.15) is 0 Å². The molecule has 0 unspecified atom stereocenters. The van der Waals surface area contributed by atoms with E-state index in [1.54, 1.807) is 0 Å². The fourth-order valence-electron chi connectivity index (χ4n) is 6.25. The molecule has 0 aliphatic heterocycles. The first-order valence-electron chi connectivity index (χ1n) is 16.1. The van der Waals surface area contributed by atoms with Gasteiger partial charge in [-0.1, -0.05) is 130 Å². The third kappa shape index (κ3) is 5.75. The van der Waals surface area contributed by atoms with Crippen molar-refractivity contribution in [1.29, 1.82) is 0 Å². The van der Waals surface area contributed by atoms with E-state index in [4.69, 9.17) is 9.97 Å². The summed E-state index contributed by atoms with van der Waals surface area (Å²) >= 11 is 1.85. The molecule has 6 aromatic carbocycles. The largest absolute Gasteiger partial charge is 0.228 e. The van der Waals surface area contributed by atoms with E-state index in [2.05, 4.69) is 148 Å². The van der Waals surface area contributed by atoms with Crippen LogP contribution in [-0.4, -0.2) is 9.97 Å². The van der Waals surface area contributed by atoms with Crippen LogP contribution in [0.2, 0.25) is 0 Å². The van der Waals surface area contributed by atoms with Gasteiger partial charge in [0, 0.05) is 36.9 Å². The number of aromatic nitrogens is 2. The maximum absolute atomic E-state index is 5.19. The predicted molar refractivity (Wildman–Crippen MR) is 201 cm³/mol. The Kier molecular flexibility index (Phi) is 7.27. The van der Waals surface area contributed by atoms with Crippen molar-refractivity contribution in [2.45, 2.75) is 26.2 Å². The Morgan fingerprint density at radius 3 is 1.66 bits per heavy atom. The van der Waals surface area contributed by atoms with Crippen molar-refractivity contribution >= 4 is 31.5 Å². The summed E-state index contributed by atoms with van der Waals surface area (Å²) in [5, 5.41) is 2.60. The first kappa shape index (κ1) is 29.1. The van der Waals surface area contributed by atoms with Crippen molar-refractivity contribution in [3.63, 3.8) is 0 Å². The molecule has 2 heterocycles. The lowest BCUT2D eigenvalue weighted by Gasteiger charge is -2.19. The van der Waals surface area contributed by atoms with Gasteiger partial charge in [0.15, 0.2) is 5.82 Å². The molecule has 0 amide bonds. The van der Waals surface area contributed by atoms with Gasteiger partial charge in [0.2, 0.25) is 0 Å². The van der Waals surface area contributed by atoms with Crippen molar-refractivity contribution in [3.05, 3.63) is 157 Å². The second-order valence-corrected chi connectivity index (χ2v) is 14.2. The van der Waals surface area contributed by atoms with Gasteiger partial charge in [0.25, 0.3) is 0 Å². The quantitative estimate of drug-likeness (QED) is 0.191. The first-order valence-corrected chi connectivity index (χ1v) is 16.9. The summed E-state index contributed by atoms with van der Waals surface area (Å²) in [6.45, 7) is 6.78. The van der Waals surface area contributed by atoms with Gasteiger partial charge in [0.05, 0.1) is 11.4 Å². The van der Waals surface area contributed by atoms with E-state index in [1.165, 1.54) is 36.9 Å². The standard InChI is InChI=1S/C44H34N2S/c1-44(2,3)36-21-18-29(19-22-36)33-24-34(32-20-23-42-38(27-32)37-16-10-11-17-41(37)47-42)26-35(25-33)40-28-39(30-12-6-4-7-13-30)45-43(46-40)31-14-8-5-9-15-31/h4-28H,1-3H3. The third-order valence-electron chi connectivity index (χ3n) is 8.85. The molecule has 2 aromatic heterocycles. The topological polar surface area (TPSA) is 25.8 Å². The van der Waals surface area contributed by atoms with E-state index in [1.807, 2.05) is 35.6 Å². The number of fused-ring (bicyclic) bond motifs is 3. The van der Waals surface area contributed by atoms with E-state index in [9.17, 15) is 0 Å². The lowest BCUT2D eigenvalue weighted by Crippen LogP contribution is -2.10. The number of benzene rings is 6. The molecule has 0 bridgehead atoms. The van der Waals surface area contributed by atoms with Gasteiger partial charge in [-0.25, -0.2) is 9.97 Å². The highest BCUT2D eigenvalue weighted by Crippen LogP contribution is 2.39. The first-order chi connectivity index (χ1) is 22.9. The molecule has 2 nitrogen and oxygen atoms in total. The number of hydrogen-bond donors (Lipinski definition) is 0. The summed E-state index contributed by atoms with van der Waals surface area (Å²) in [6.07, 6.45) is 0. The lowest BCUT2D eigenvalue weighted by molar-refractivity contribution is 0.590. The Hall–Kier alpha value is -5.38. The van der Waals surface area contributed by atoms with Gasteiger partial charge in [-0.05, 0) is 75.7 Å². The molecular weight excluding hydrogens is 589 g/mol. The van der Waals surface area contributed by atoms with Gasteiger partial charge in [-0.15, -0.1) is 11.3 Å². The summed E-state index contributed by atoms with van der Waals surface area (Å²) in [5.41, 5.74) is 11.0. The molecule has 8 rings (SSSR count). The van der Waals surface area contributed by atoms with Gasteiger partial charge in [0.1, 0.15) is 0 Å². The van der Waals surface area contributed by atoms with Crippen LogP contribution in [-0.2, 0) is 5.41 Å². The van der Waals surface area contributed by atoms with E-state index in [0.29, 0.717) is 0 Å². The maximum Gasteiger partial charge on any atom is 0.160 e. The van der Waals surface area contributed by atoms with Crippen molar-refractivity contribution < 1.29 is 0 Å². The molecule has 3 heteroatoms. The van der Waals surface area contributed by atoms with Gasteiger partial charge in [-0.3, -0.25) is 0 Å². The van der Waals surface area contributed by atoms with Crippen LogP contribution in [0.5, 0.6) is 0 Å². The molecule has 0 radical (unpaired) electrons. The van der Waals surface area contributed by atoms with Crippen LogP contribution >= 0.6 is 11.3 Å². The predicted octanol–water partition coefficient (Wildman–Crippen LogP) is 12.5. The summed E-state index contributed by atoms with van der Waals surface area (Å²) in [5.74, 6) is 0.717. The Balaban J connectivity index is 1.34. The highest BCUT2D eigenvalue weighted by molar-refractivity contribution is 7.25. The minimum absolute atomic E-state index is 0.0902. The highest BCUT2D eigenvalue weighted by Gasteiger charge is 2.16. The second-order valence-electron chi connectivity index (χ2n) is 13.1. The average molecular weight is 623 g/mol. The van der Waals surface area contributed by atoms with Crippen LogP contribution in [0.1, 0.15) is 26.3 Å². The fraction of sp³-hybridized carbons (Fsp3) is 0.0909. The molecule has 0 aliphatic carbocycles. The summed E-state index contributed by atoms with van der Waals surface area (Å²) in [7, 11) is 0. The van der Waals surface area contributed by atoms with Crippen LogP contribution in [0.3, 0.4) is 0 Å². The molecule has 0 spiro atoms. The van der Waals surface area contributed by atoms with Gasteiger partial charge < -0.3 is 0 Å². The normalized spacial score (nSPS) is 11.7. The molecule has 226 valence electrons. The average Bonchev–Trinajstić information content (AvgIpc) is 3.50. The Bertz CT molecular complexity index is 2310. The zero-order chi connectivity index (χ0) is 32.0. The smallest absolute Gasteiger partial charge is 0.160 e. The minimum Gasteiger partial charge on any atom is -0.228 e. The minimum atomic E-state index is 0.0902. The van der Waals surface area contributed by atoms with Crippen molar-refractivity contribution in [2.75, 3.05) is 0 Å². The number of thiophene rings is 1. The maximum atomic E-state index is 5.19. The highest BCUT2D eigenvalue weighted by atomic mass is 32.1. The van der Waals surface area contributed by atoms with Crippen molar-refractivity contribution in [1.82, 2.24) is 9.97 Å². The fourth-order valence-corrected chi connectivity index (χ4v) is 7.33. The molecule has 47 heavy (non-hydrogen) atoms. The Morgan fingerprint density at radius 2 is 0.957 bits per heavy atom. The van der Waals surface area contributed by atoms with E-state index in [-0.39, 0.29) is 5.41 Å². The van der Waals surface area contributed by atoms with Crippen molar-refractivity contribution in [2.24, 2.45) is 0 Å². The SMILES string of the molecule is CC(C)(C)c1ccc(-c2cc(-c3ccc4sc5ccccc5c4c3)cc(-c3cc(-c4ccccc4)nc(-c4ccccc4)n3)c2)cc1. The van der Waals surface area contributed by atoms with Crippen LogP contribution in [0, 0.1) is 0 Å². The number of nitrogens with zero attached hydrogens (tertiary/aromatic N) is 2. The zero-order valence-corrected chi connectivity index (χ0v) is 27.6. The second kappa shape index (κ2) is 11.8. The van der Waals surface area contributed by atoms with E-state index < -0.39 is 0 Å².